The van der Waals surface area contributed by atoms with Gasteiger partial charge in [0, 0.05) is 48.9 Å². The van der Waals surface area contributed by atoms with Crippen LogP contribution in [0.5, 0.6) is 5.75 Å². The second-order valence-electron chi connectivity index (χ2n) is 8.50. The number of nitrogens with one attached hydrogen (secondary N) is 3. The average Bonchev–Trinajstić information content (AvgIpc) is 2.78. The Morgan fingerprint density at radius 2 is 1.91 bits per heavy atom. The minimum Gasteiger partial charge on any atom is -0.406 e. The van der Waals surface area contributed by atoms with Gasteiger partial charge in [0.15, 0.2) is 0 Å². The monoisotopic (exact) mass is 488 g/mol. The minimum atomic E-state index is -4.87. The molecule has 0 saturated carbocycles. The summed E-state index contributed by atoms with van der Waals surface area (Å²) in [6, 6.07) is 10.9. The van der Waals surface area contributed by atoms with Crippen LogP contribution in [-0.4, -0.2) is 48.9 Å². The zero-order chi connectivity index (χ0) is 25.8. The Morgan fingerprint density at radius 3 is 2.54 bits per heavy atom. The number of benzene rings is 2. The molecule has 3 N–H and O–H groups in total. The predicted octanol–water partition coefficient (Wildman–Crippen LogP) is 4.54. The predicted molar refractivity (Wildman–Crippen MR) is 127 cm³/mol. The third-order valence-corrected chi connectivity index (χ3v) is 5.44. The fourth-order valence-electron chi connectivity index (χ4n) is 4.21. The highest BCUT2D eigenvalue weighted by molar-refractivity contribution is 6.05. The van der Waals surface area contributed by atoms with E-state index in [4.69, 9.17) is 5.41 Å². The first-order valence-corrected chi connectivity index (χ1v) is 11.0. The summed E-state index contributed by atoms with van der Waals surface area (Å²) in [5.74, 6) is -2.10. The van der Waals surface area contributed by atoms with Gasteiger partial charge in [-0.3, -0.25) is 9.59 Å². The highest BCUT2D eigenvalue weighted by Gasteiger charge is 2.44. The van der Waals surface area contributed by atoms with Gasteiger partial charge in [0.1, 0.15) is 5.75 Å². The first-order chi connectivity index (χ1) is 16.6. The Morgan fingerprint density at radius 1 is 1.20 bits per heavy atom. The van der Waals surface area contributed by atoms with E-state index < -0.39 is 30.0 Å². The fraction of sp³-hybridized carbons (Fsp3) is 0.320. The summed E-state index contributed by atoms with van der Waals surface area (Å²) in [6.45, 7) is 4.22. The van der Waals surface area contributed by atoms with Gasteiger partial charge in [-0.2, -0.15) is 0 Å². The number of carbonyl (C=O) groups is 2. The summed E-state index contributed by atoms with van der Waals surface area (Å²) in [6.07, 6.45) is -2.22. The van der Waals surface area contributed by atoms with Gasteiger partial charge in [0.25, 0.3) is 5.91 Å². The maximum Gasteiger partial charge on any atom is 0.573 e. The standard InChI is InChI=1S/C25H27F3N4O3/c1-15(2)14-32-22(16(12-29)13-30-3)21(19-9-4-5-10-20(19)24(32)34)23(33)31-17-7-6-8-18(11-17)35-25(26,27)28/h4-13,15,21-22,29-30H,14H2,1-3H3,(H,31,33)/b16-13+,29-12?/t21-,22+/m0/s1. The molecule has 0 fully saturated rings. The zero-order valence-corrected chi connectivity index (χ0v) is 19.5. The Labute approximate surface area is 201 Å². The normalized spacial score (nSPS) is 18.2. The van der Waals surface area contributed by atoms with Crippen LogP contribution in [0.4, 0.5) is 18.9 Å². The molecule has 0 radical (unpaired) electrons. The van der Waals surface area contributed by atoms with Gasteiger partial charge in [0.2, 0.25) is 5.91 Å². The molecule has 10 heteroatoms. The van der Waals surface area contributed by atoms with Crippen LogP contribution in [0.1, 0.15) is 35.7 Å². The number of fused-ring (bicyclic) bond motifs is 1. The molecule has 1 aliphatic rings. The number of amides is 2. The van der Waals surface area contributed by atoms with Crippen LogP contribution < -0.4 is 15.4 Å². The van der Waals surface area contributed by atoms with E-state index in [1.165, 1.54) is 12.1 Å². The molecule has 2 atom stereocenters. The Kier molecular flexibility index (Phi) is 7.83. The van der Waals surface area contributed by atoms with Gasteiger partial charge >= 0.3 is 6.36 Å². The molecule has 2 aromatic carbocycles. The molecule has 2 aromatic rings. The lowest BCUT2D eigenvalue weighted by molar-refractivity contribution is -0.274. The average molecular weight is 489 g/mol. The van der Waals surface area contributed by atoms with E-state index in [2.05, 4.69) is 15.4 Å². The van der Waals surface area contributed by atoms with Crippen molar-refractivity contribution in [1.29, 1.82) is 5.41 Å². The highest BCUT2D eigenvalue weighted by Crippen LogP contribution is 2.38. The van der Waals surface area contributed by atoms with Gasteiger partial charge in [-0.05, 0) is 29.7 Å². The fourth-order valence-corrected chi connectivity index (χ4v) is 4.21. The van der Waals surface area contributed by atoms with Crippen LogP contribution in [0.2, 0.25) is 0 Å². The number of anilines is 1. The number of halogens is 3. The van der Waals surface area contributed by atoms with Crippen molar-refractivity contribution in [2.45, 2.75) is 32.2 Å². The molecule has 1 heterocycles. The second kappa shape index (κ2) is 10.6. The number of nitrogens with zero attached hydrogens (tertiary/aromatic N) is 1. The van der Waals surface area contributed by atoms with Gasteiger partial charge < -0.3 is 25.7 Å². The Bertz CT molecular complexity index is 1130. The molecule has 0 aromatic heterocycles. The van der Waals surface area contributed by atoms with Crippen LogP contribution >= 0.6 is 0 Å². The first-order valence-electron chi connectivity index (χ1n) is 11.0. The molecule has 0 bridgehead atoms. The number of alkyl halides is 3. The summed E-state index contributed by atoms with van der Waals surface area (Å²) < 4.78 is 41.9. The van der Waals surface area contributed by atoms with Crippen molar-refractivity contribution in [2.24, 2.45) is 5.92 Å². The number of hydrogen-bond acceptors (Lipinski definition) is 5. The van der Waals surface area contributed by atoms with Crippen LogP contribution in [0.25, 0.3) is 0 Å². The third-order valence-electron chi connectivity index (χ3n) is 5.44. The molecule has 35 heavy (non-hydrogen) atoms. The highest BCUT2D eigenvalue weighted by atomic mass is 19.4. The quantitative estimate of drug-likeness (QED) is 0.476. The van der Waals surface area contributed by atoms with E-state index in [9.17, 15) is 22.8 Å². The van der Waals surface area contributed by atoms with Crippen molar-refractivity contribution < 1.29 is 27.5 Å². The van der Waals surface area contributed by atoms with Gasteiger partial charge in [0.05, 0.1) is 12.0 Å². The molecule has 7 nitrogen and oxygen atoms in total. The molecule has 186 valence electrons. The lowest BCUT2D eigenvalue weighted by Gasteiger charge is -2.42. The van der Waals surface area contributed by atoms with Crippen molar-refractivity contribution in [2.75, 3.05) is 18.9 Å². The Balaban J connectivity index is 2.08. The summed E-state index contributed by atoms with van der Waals surface area (Å²) in [5.41, 5.74) is 1.36. The third kappa shape index (κ3) is 6.00. The number of ether oxygens (including phenoxy) is 1. The summed E-state index contributed by atoms with van der Waals surface area (Å²) in [5, 5.41) is 13.5. The molecule has 0 aliphatic carbocycles. The number of rotatable bonds is 8. The summed E-state index contributed by atoms with van der Waals surface area (Å²) in [7, 11) is 1.65. The number of carbonyl (C=O) groups excluding carboxylic acids is 2. The molecule has 0 saturated heterocycles. The van der Waals surface area contributed by atoms with Gasteiger partial charge in [-0.1, -0.05) is 38.1 Å². The lowest BCUT2D eigenvalue weighted by atomic mass is 9.79. The Hall–Kier alpha value is -3.82. The van der Waals surface area contributed by atoms with Gasteiger partial charge in [-0.15, -0.1) is 13.2 Å². The molecule has 1 aliphatic heterocycles. The molecule has 3 rings (SSSR count). The number of hydrogen-bond donors (Lipinski definition) is 3. The van der Waals surface area contributed by atoms with Crippen molar-refractivity contribution in [3.8, 4) is 5.75 Å². The minimum absolute atomic E-state index is 0.0770. The van der Waals surface area contributed by atoms with E-state index in [0.29, 0.717) is 23.2 Å². The van der Waals surface area contributed by atoms with Crippen molar-refractivity contribution in [3.63, 3.8) is 0 Å². The topological polar surface area (TPSA) is 94.5 Å². The molecule has 0 unspecified atom stereocenters. The lowest BCUT2D eigenvalue weighted by Crippen LogP contribution is -2.53. The maximum absolute atomic E-state index is 13.7. The zero-order valence-electron chi connectivity index (χ0n) is 19.5. The van der Waals surface area contributed by atoms with Crippen LogP contribution in [-0.2, 0) is 4.79 Å². The SMILES string of the molecule is CN/C=C(\C=N)[C@@H]1[C@@H](C(=O)Nc2cccc(OC(F)(F)F)c2)c2ccccc2C(=O)N1CC(C)C. The maximum atomic E-state index is 13.7. The van der Waals surface area contributed by atoms with Crippen molar-refractivity contribution in [1.82, 2.24) is 10.2 Å². The van der Waals surface area contributed by atoms with Gasteiger partial charge in [-0.25, -0.2) is 0 Å². The summed E-state index contributed by atoms with van der Waals surface area (Å²) in [4.78, 5) is 28.7. The van der Waals surface area contributed by atoms with E-state index in [1.54, 1.807) is 42.4 Å². The largest absolute Gasteiger partial charge is 0.573 e. The molecular formula is C25H27F3N4O3. The molecule has 0 spiro atoms. The van der Waals surface area contributed by atoms with Crippen LogP contribution in [0.3, 0.4) is 0 Å². The summed E-state index contributed by atoms with van der Waals surface area (Å²) >= 11 is 0. The molecule has 2 amide bonds. The molecular weight excluding hydrogens is 461 g/mol. The van der Waals surface area contributed by atoms with Crippen molar-refractivity contribution >= 4 is 23.7 Å². The van der Waals surface area contributed by atoms with Crippen LogP contribution in [0.15, 0.2) is 60.3 Å². The van der Waals surface area contributed by atoms with E-state index in [1.807, 2.05) is 13.8 Å². The van der Waals surface area contributed by atoms with E-state index in [-0.39, 0.29) is 17.5 Å². The van der Waals surface area contributed by atoms with Crippen LogP contribution in [0, 0.1) is 11.3 Å². The first kappa shape index (κ1) is 25.8. The second-order valence-corrected chi connectivity index (χ2v) is 8.50. The van der Waals surface area contributed by atoms with Crippen molar-refractivity contribution in [3.05, 3.63) is 71.4 Å². The van der Waals surface area contributed by atoms with E-state index >= 15 is 0 Å². The smallest absolute Gasteiger partial charge is 0.406 e. The van der Waals surface area contributed by atoms with E-state index in [0.717, 1.165) is 18.3 Å².